The maximum atomic E-state index is 5.55. The lowest BCUT2D eigenvalue weighted by Gasteiger charge is -2.08. The van der Waals surface area contributed by atoms with E-state index in [0.717, 1.165) is 28.0 Å². The number of hydrogen-bond acceptors (Lipinski definition) is 4. The van der Waals surface area contributed by atoms with E-state index in [1.54, 1.807) is 6.20 Å². The van der Waals surface area contributed by atoms with E-state index in [1.165, 1.54) is 6.39 Å². The van der Waals surface area contributed by atoms with Gasteiger partial charge in [-0.05, 0) is 31.2 Å². The molecule has 0 N–H and O–H groups in total. The zero-order chi connectivity index (χ0) is 14.2. The van der Waals surface area contributed by atoms with Crippen molar-refractivity contribution in [3.8, 4) is 17.2 Å². The lowest BCUT2D eigenvalue weighted by molar-refractivity contribution is 0.340. The second-order valence-electron chi connectivity index (χ2n) is 4.67. The zero-order valence-electron chi connectivity index (χ0n) is 11.5. The lowest BCUT2D eigenvalue weighted by atomic mass is 10.2. The van der Waals surface area contributed by atoms with Gasteiger partial charge >= 0.3 is 0 Å². The molecule has 0 saturated heterocycles. The molecule has 4 rings (SSSR count). The first-order chi connectivity index (χ1) is 10.4. The number of ether oxygens (including phenoxy) is 1. The summed E-state index contributed by atoms with van der Waals surface area (Å²) in [5, 5.41) is 0. The first kappa shape index (κ1) is 12.0. The van der Waals surface area contributed by atoms with Crippen molar-refractivity contribution in [2.45, 2.75) is 6.92 Å². The summed E-state index contributed by atoms with van der Waals surface area (Å²) in [5.74, 6) is 1.47. The SMILES string of the molecule is CCOc1ccc2c(c1)nc(-c1cnco1)c1cccn12. The average molecular weight is 279 g/mol. The van der Waals surface area contributed by atoms with Crippen molar-refractivity contribution in [3.63, 3.8) is 0 Å². The van der Waals surface area contributed by atoms with Crippen molar-refractivity contribution in [2.24, 2.45) is 0 Å². The molecule has 0 fully saturated rings. The molecule has 21 heavy (non-hydrogen) atoms. The first-order valence-electron chi connectivity index (χ1n) is 6.79. The summed E-state index contributed by atoms with van der Waals surface area (Å²) in [6.07, 6.45) is 5.10. The predicted octanol–water partition coefficient (Wildman–Crippen LogP) is 3.54. The Kier molecular flexibility index (Phi) is 2.64. The number of hydrogen-bond donors (Lipinski definition) is 0. The van der Waals surface area contributed by atoms with Gasteiger partial charge in [-0.2, -0.15) is 0 Å². The Hall–Kier alpha value is -2.82. The Bertz CT molecular complexity index is 910. The topological polar surface area (TPSA) is 52.6 Å². The Morgan fingerprint density at radius 3 is 3.00 bits per heavy atom. The summed E-state index contributed by atoms with van der Waals surface area (Å²) in [4.78, 5) is 8.70. The van der Waals surface area contributed by atoms with Gasteiger partial charge in [-0.3, -0.25) is 0 Å². The molecule has 4 aromatic rings. The molecule has 3 aromatic heterocycles. The number of nitrogens with zero attached hydrogens (tertiary/aromatic N) is 3. The van der Waals surface area contributed by atoms with Crippen LogP contribution in [0.4, 0.5) is 0 Å². The highest BCUT2D eigenvalue weighted by Crippen LogP contribution is 2.28. The molecule has 0 atom stereocenters. The van der Waals surface area contributed by atoms with E-state index in [0.29, 0.717) is 12.4 Å². The molecular formula is C16H13N3O2. The summed E-state index contributed by atoms with van der Waals surface area (Å²) < 4.78 is 13.1. The van der Waals surface area contributed by atoms with Crippen LogP contribution in [-0.4, -0.2) is 21.0 Å². The number of rotatable bonds is 3. The minimum absolute atomic E-state index is 0.631. The largest absolute Gasteiger partial charge is 0.494 e. The van der Waals surface area contributed by atoms with Gasteiger partial charge in [0.1, 0.15) is 11.4 Å². The molecule has 0 aliphatic carbocycles. The molecule has 0 saturated carbocycles. The van der Waals surface area contributed by atoms with Gasteiger partial charge in [0.05, 0.1) is 29.4 Å². The van der Waals surface area contributed by atoms with Gasteiger partial charge in [0, 0.05) is 12.3 Å². The van der Waals surface area contributed by atoms with Crippen LogP contribution in [0, 0.1) is 0 Å². The number of aromatic nitrogens is 3. The molecule has 0 spiro atoms. The quantitative estimate of drug-likeness (QED) is 0.575. The van der Waals surface area contributed by atoms with E-state index in [9.17, 15) is 0 Å². The summed E-state index contributed by atoms with van der Waals surface area (Å²) in [7, 11) is 0. The zero-order valence-corrected chi connectivity index (χ0v) is 11.5. The second-order valence-corrected chi connectivity index (χ2v) is 4.67. The van der Waals surface area contributed by atoms with Crippen LogP contribution >= 0.6 is 0 Å². The number of fused-ring (bicyclic) bond motifs is 3. The third-order valence-electron chi connectivity index (χ3n) is 3.41. The first-order valence-corrected chi connectivity index (χ1v) is 6.79. The summed E-state index contributed by atoms with van der Waals surface area (Å²) in [5.41, 5.74) is 3.65. The molecule has 1 aromatic carbocycles. The highest BCUT2D eigenvalue weighted by atomic mass is 16.5. The highest BCUT2D eigenvalue weighted by molar-refractivity contribution is 5.86. The fourth-order valence-electron chi connectivity index (χ4n) is 2.53. The van der Waals surface area contributed by atoms with Gasteiger partial charge in [-0.25, -0.2) is 9.97 Å². The van der Waals surface area contributed by atoms with E-state index in [2.05, 4.69) is 9.38 Å². The smallest absolute Gasteiger partial charge is 0.181 e. The standard InChI is InChI=1S/C16H13N3O2/c1-2-20-11-5-6-13-12(8-11)18-16(15-9-17-10-21-15)14-4-3-7-19(13)14/h3-10H,2H2,1H3. The Balaban J connectivity index is 2.05. The van der Waals surface area contributed by atoms with Gasteiger partial charge in [-0.1, -0.05) is 0 Å². The van der Waals surface area contributed by atoms with Gasteiger partial charge in [0.15, 0.2) is 12.2 Å². The second kappa shape index (κ2) is 4.63. The van der Waals surface area contributed by atoms with Crippen LogP contribution in [0.2, 0.25) is 0 Å². The molecule has 3 heterocycles. The van der Waals surface area contributed by atoms with Crippen LogP contribution < -0.4 is 4.74 Å². The van der Waals surface area contributed by atoms with Crippen LogP contribution in [0.5, 0.6) is 5.75 Å². The van der Waals surface area contributed by atoms with Crippen LogP contribution in [0.1, 0.15) is 6.92 Å². The van der Waals surface area contributed by atoms with Crippen molar-refractivity contribution < 1.29 is 9.15 Å². The normalized spacial score (nSPS) is 11.3. The minimum atomic E-state index is 0.631. The summed E-state index contributed by atoms with van der Waals surface area (Å²) in [6.45, 7) is 2.60. The van der Waals surface area contributed by atoms with E-state index < -0.39 is 0 Å². The summed E-state index contributed by atoms with van der Waals surface area (Å²) in [6, 6.07) is 9.93. The minimum Gasteiger partial charge on any atom is -0.494 e. The van der Waals surface area contributed by atoms with Crippen molar-refractivity contribution in [1.29, 1.82) is 0 Å². The Labute approximate surface area is 120 Å². The fraction of sp³-hybridized carbons (Fsp3) is 0.125. The monoisotopic (exact) mass is 279 g/mol. The van der Waals surface area contributed by atoms with Crippen molar-refractivity contribution in [3.05, 3.63) is 49.1 Å². The van der Waals surface area contributed by atoms with Gasteiger partial charge in [-0.15, -0.1) is 0 Å². The molecule has 0 aliphatic rings. The molecule has 5 heteroatoms. The molecule has 0 aliphatic heterocycles. The Morgan fingerprint density at radius 2 is 2.19 bits per heavy atom. The predicted molar refractivity (Wildman–Crippen MR) is 79.4 cm³/mol. The van der Waals surface area contributed by atoms with Crippen molar-refractivity contribution >= 4 is 16.6 Å². The molecular weight excluding hydrogens is 266 g/mol. The maximum Gasteiger partial charge on any atom is 0.181 e. The third kappa shape index (κ3) is 1.86. The fourth-order valence-corrected chi connectivity index (χ4v) is 2.53. The number of oxazole rings is 1. The maximum absolute atomic E-state index is 5.55. The van der Waals surface area contributed by atoms with Crippen LogP contribution in [-0.2, 0) is 0 Å². The van der Waals surface area contributed by atoms with E-state index in [4.69, 9.17) is 14.1 Å². The molecule has 5 nitrogen and oxygen atoms in total. The van der Waals surface area contributed by atoms with Crippen LogP contribution in [0.25, 0.3) is 28.0 Å². The highest BCUT2D eigenvalue weighted by Gasteiger charge is 2.13. The molecule has 0 amide bonds. The van der Waals surface area contributed by atoms with Gasteiger partial charge in [0.2, 0.25) is 0 Å². The van der Waals surface area contributed by atoms with Crippen LogP contribution in [0.15, 0.2) is 53.5 Å². The van der Waals surface area contributed by atoms with E-state index >= 15 is 0 Å². The van der Waals surface area contributed by atoms with Crippen molar-refractivity contribution in [1.82, 2.24) is 14.4 Å². The van der Waals surface area contributed by atoms with Gasteiger partial charge in [0.25, 0.3) is 0 Å². The molecule has 104 valence electrons. The lowest BCUT2D eigenvalue weighted by Crippen LogP contribution is -1.96. The number of benzene rings is 1. The Morgan fingerprint density at radius 1 is 1.24 bits per heavy atom. The molecule has 0 unspecified atom stereocenters. The molecule has 0 radical (unpaired) electrons. The third-order valence-corrected chi connectivity index (χ3v) is 3.41. The van der Waals surface area contributed by atoms with E-state index in [1.807, 2.05) is 43.5 Å². The van der Waals surface area contributed by atoms with Gasteiger partial charge < -0.3 is 13.6 Å². The average Bonchev–Trinajstić information content (AvgIpc) is 3.18. The van der Waals surface area contributed by atoms with Crippen LogP contribution in [0.3, 0.4) is 0 Å². The van der Waals surface area contributed by atoms with Crippen molar-refractivity contribution in [2.75, 3.05) is 6.61 Å². The summed E-state index contributed by atoms with van der Waals surface area (Å²) >= 11 is 0. The van der Waals surface area contributed by atoms with E-state index in [-0.39, 0.29) is 0 Å². The molecule has 0 bridgehead atoms.